The maximum absolute atomic E-state index is 12.8. The third kappa shape index (κ3) is 12.6. The van der Waals surface area contributed by atoms with E-state index in [1.54, 1.807) is 0 Å². The van der Waals surface area contributed by atoms with Gasteiger partial charge in [0.1, 0.15) is 0 Å². The fraction of sp³-hybridized carbons (Fsp3) is 0.708. The van der Waals surface area contributed by atoms with Crippen LogP contribution in [0, 0.1) is 0 Å². The Kier molecular flexibility index (Phi) is 21.6. The fourth-order valence-corrected chi connectivity index (χ4v) is 2.84. The number of nitrogens with zero attached hydrogens (tertiary/aromatic N) is 1. The molecule has 0 atom stereocenters. The number of unbranched alkanes of at least 4 members (excludes halogenated alkanes) is 1. The van der Waals surface area contributed by atoms with E-state index >= 15 is 0 Å². The summed E-state index contributed by atoms with van der Waals surface area (Å²) in [4.78, 5) is 14.8. The lowest BCUT2D eigenvalue weighted by atomic mass is 10.0. The molecular weight excluding hydrogens is 332 g/mol. The van der Waals surface area contributed by atoms with E-state index in [4.69, 9.17) is 0 Å². The van der Waals surface area contributed by atoms with Crippen LogP contribution in [0.4, 0.5) is 0 Å². The van der Waals surface area contributed by atoms with E-state index in [0.717, 1.165) is 63.8 Å². The van der Waals surface area contributed by atoms with E-state index in [0.29, 0.717) is 0 Å². The topological polar surface area (TPSA) is 32.3 Å². The van der Waals surface area contributed by atoms with Gasteiger partial charge in [0.05, 0.1) is 0 Å². The largest absolute Gasteiger partial charge is 0.339 e. The third-order valence-corrected chi connectivity index (χ3v) is 4.00. The Hall–Kier alpha value is -1.35. The van der Waals surface area contributed by atoms with E-state index in [9.17, 15) is 4.79 Å². The van der Waals surface area contributed by atoms with Gasteiger partial charge in [-0.1, -0.05) is 66.7 Å². The van der Waals surface area contributed by atoms with Crippen LogP contribution in [0.25, 0.3) is 0 Å². The number of benzene rings is 1. The monoisotopic (exact) mass is 378 g/mol. The molecule has 1 rings (SSSR count). The van der Waals surface area contributed by atoms with Crippen LogP contribution in [0.15, 0.2) is 24.3 Å². The van der Waals surface area contributed by atoms with Crippen LogP contribution in [0.5, 0.6) is 0 Å². The average Bonchev–Trinajstić information content (AvgIpc) is 2.73. The van der Waals surface area contributed by atoms with Gasteiger partial charge in [0.15, 0.2) is 0 Å². The Morgan fingerprint density at radius 3 is 2.00 bits per heavy atom. The Bertz CT molecular complexity index is 440. The zero-order chi connectivity index (χ0) is 20.9. The predicted octanol–water partition coefficient (Wildman–Crippen LogP) is 6.32. The molecule has 0 aliphatic rings. The van der Waals surface area contributed by atoms with Crippen molar-refractivity contribution in [2.24, 2.45) is 0 Å². The van der Waals surface area contributed by atoms with Crippen LogP contribution < -0.4 is 5.32 Å². The molecule has 0 bridgehead atoms. The van der Waals surface area contributed by atoms with Crippen LogP contribution in [0.3, 0.4) is 0 Å². The summed E-state index contributed by atoms with van der Waals surface area (Å²) in [5, 5.41) is 3.44. The first kappa shape index (κ1) is 27.9. The maximum Gasteiger partial charge on any atom is 0.254 e. The number of carbonyl (C=O) groups excluding carboxylic acids is 1. The fourth-order valence-electron chi connectivity index (χ4n) is 2.84. The Morgan fingerprint density at radius 1 is 0.852 bits per heavy atom. The molecule has 0 saturated heterocycles. The average molecular weight is 379 g/mol. The third-order valence-electron chi connectivity index (χ3n) is 4.00. The maximum atomic E-state index is 12.8. The van der Waals surface area contributed by atoms with Crippen LogP contribution in [-0.2, 0) is 6.42 Å². The normalized spacial score (nSPS) is 9.59. The zero-order valence-electron chi connectivity index (χ0n) is 19.2. The molecule has 158 valence electrons. The quantitative estimate of drug-likeness (QED) is 0.431. The Balaban J connectivity index is 0. The molecule has 0 aliphatic heterocycles. The van der Waals surface area contributed by atoms with Gasteiger partial charge in [0.25, 0.3) is 5.91 Å². The van der Waals surface area contributed by atoms with Crippen LogP contribution in [0.1, 0.15) is 96.5 Å². The number of hydrogen-bond donors (Lipinski definition) is 1. The summed E-state index contributed by atoms with van der Waals surface area (Å²) in [6, 6.07) is 8.13. The van der Waals surface area contributed by atoms with Crippen molar-refractivity contribution in [2.45, 2.75) is 87.0 Å². The van der Waals surface area contributed by atoms with Gasteiger partial charge >= 0.3 is 0 Å². The molecule has 0 aromatic heterocycles. The molecule has 0 unspecified atom stereocenters. The highest BCUT2D eigenvalue weighted by Crippen LogP contribution is 2.15. The standard InChI is InChI=1S/C20H34N2O.2C2H6/c1-4-14-21-15-10-9-12-18-11-7-8-13-19(18)20(23)22(16-5-2)17-6-3;2*1-2/h7-8,11,13,21H,4-6,9-10,12,14-17H2,1-3H3;2*1-2H3. The number of amides is 1. The first-order valence-corrected chi connectivity index (χ1v) is 11.3. The smallest absolute Gasteiger partial charge is 0.254 e. The summed E-state index contributed by atoms with van der Waals surface area (Å²) < 4.78 is 0. The molecule has 0 spiro atoms. The first-order chi connectivity index (χ1) is 13.2. The minimum atomic E-state index is 0.202. The summed E-state index contributed by atoms with van der Waals surface area (Å²) in [5.74, 6) is 0.202. The van der Waals surface area contributed by atoms with Gasteiger partial charge in [-0.15, -0.1) is 0 Å². The van der Waals surface area contributed by atoms with Crippen LogP contribution in [0.2, 0.25) is 0 Å². The summed E-state index contributed by atoms with van der Waals surface area (Å²) in [5.41, 5.74) is 2.10. The molecule has 0 heterocycles. The minimum absolute atomic E-state index is 0.202. The molecule has 0 radical (unpaired) electrons. The van der Waals surface area contributed by atoms with E-state index in [1.165, 1.54) is 12.0 Å². The molecule has 1 aromatic carbocycles. The van der Waals surface area contributed by atoms with Crippen molar-refractivity contribution in [1.29, 1.82) is 0 Å². The van der Waals surface area contributed by atoms with Gasteiger partial charge in [-0.25, -0.2) is 0 Å². The first-order valence-electron chi connectivity index (χ1n) is 11.3. The van der Waals surface area contributed by atoms with Crippen LogP contribution in [-0.4, -0.2) is 37.0 Å². The van der Waals surface area contributed by atoms with Gasteiger partial charge in [-0.05, 0) is 63.2 Å². The molecule has 0 fully saturated rings. The molecule has 0 saturated carbocycles. The van der Waals surface area contributed by atoms with Crippen molar-refractivity contribution in [1.82, 2.24) is 10.2 Å². The van der Waals surface area contributed by atoms with Crippen molar-refractivity contribution >= 4 is 5.91 Å². The lowest BCUT2D eigenvalue weighted by molar-refractivity contribution is 0.0754. The number of carbonyl (C=O) groups is 1. The van der Waals surface area contributed by atoms with Crippen LogP contribution >= 0.6 is 0 Å². The second kappa shape index (κ2) is 21.0. The predicted molar refractivity (Wildman–Crippen MR) is 122 cm³/mol. The number of rotatable bonds is 12. The molecule has 27 heavy (non-hydrogen) atoms. The summed E-state index contributed by atoms with van der Waals surface area (Å²) in [7, 11) is 0. The van der Waals surface area contributed by atoms with Gasteiger partial charge in [0, 0.05) is 18.7 Å². The second-order valence-electron chi connectivity index (χ2n) is 6.16. The van der Waals surface area contributed by atoms with Gasteiger partial charge in [-0.3, -0.25) is 4.79 Å². The SMILES string of the molecule is CC.CC.CCCNCCCCc1ccccc1C(=O)N(CCC)CCC. The number of aryl methyl sites for hydroxylation is 1. The van der Waals surface area contributed by atoms with E-state index in [2.05, 4.69) is 32.2 Å². The Labute approximate surface area is 169 Å². The van der Waals surface area contributed by atoms with E-state index in [-0.39, 0.29) is 5.91 Å². The molecule has 0 aliphatic carbocycles. The van der Waals surface area contributed by atoms with Gasteiger partial charge in [-0.2, -0.15) is 0 Å². The van der Waals surface area contributed by atoms with Crippen molar-refractivity contribution in [3.8, 4) is 0 Å². The van der Waals surface area contributed by atoms with Crippen molar-refractivity contribution in [3.05, 3.63) is 35.4 Å². The molecule has 3 heteroatoms. The van der Waals surface area contributed by atoms with Crippen molar-refractivity contribution in [2.75, 3.05) is 26.2 Å². The molecular formula is C24H46N2O. The Morgan fingerprint density at radius 2 is 1.44 bits per heavy atom. The van der Waals surface area contributed by atoms with Crippen molar-refractivity contribution < 1.29 is 4.79 Å². The van der Waals surface area contributed by atoms with E-state index < -0.39 is 0 Å². The van der Waals surface area contributed by atoms with Gasteiger partial charge < -0.3 is 10.2 Å². The highest BCUT2D eigenvalue weighted by atomic mass is 16.2. The van der Waals surface area contributed by atoms with Gasteiger partial charge in [0.2, 0.25) is 0 Å². The summed E-state index contributed by atoms with van der Waals surface area (Å²) in [6.45, 7) is 18.3. The molecule has 3 nitrogen and oxygen atoms in total. The van der Waals surface area contributed by atoms with E-state index in [1.807, 2.05) is 50.8 Å². The number of nitrogens with one attached hydrogen (secondary N) is 1. The molecule has 1 N–H and O–H groups in total. The lowest BCUT2D eigenvalue weighted by Gasteiger charge is -2.23. The van der Waals surface area contributed by atoms with Crippen molar-refractivity contribution in [3.63, 3.8) is 0 Å². The minimum Gasteiger partial charge on any atom is -0.339 e. The highest BCUT2D eigenvalue weighted by molar-refractivity contribution is 5.95. The summed E-state index contributed by atoms with van der Waals surface area (Å²) in [6.07, 6.45) is 6.48. The molecule has 1 amide bonds. The number of hydrogen-bond acceptors (Lipinski definition) is 2. The zero-order valence-corrected chi connectivity index (χ0v) is 19.2. The highest BCUT2D eigenvalue weighted by Gasteiger charge is 2.17. The lowest BCUT2D eigenvalue weighted by Crippen LogP contribution is -2.33. The summed E-state index contributed by atoms with van der Waals surface area (Å²) >= 11 is 0. The molecule has 1 aromatic rings. The second-order valence-corrected chi connectivity index (χ2v) is 6.16.